The highest BCUT2D eigenvalue weighted by Crippen LogP contribution is 2.16. The largest absolute Gasteiger partial charge is 0.314 e. The summed E-state index contributed by atoms with van der Waals surface area (Å²) in [5.74, 6) is -0.766. The highest BCUT2D eigenvalue weighted by Gasteiger charge is 2.13. The predicted octanol–water partition coefficient (Wildman–Crippen LogP) is 4.31. The lowest BCUT2D eigenvalue weighted by Crippen LogP contribution is -2.31. The van der Waals surface area contributed by atoms with Crippen LogP contribution in [0.3, 0.4) is 0 Å². The van der Waals surface area contributed by atoms with E-state index in [-0.39, 0.29) is 6.04 Å². The quantitative estimate of drug-likeness (QED) is 0.741. The van der Waals surface area contributed by atoms with Crippen LogP contribution in [0.4, 0.5) is 8.78 Å². The molecule has 19 heavy (non-hydrogen) atoms. The van der Waals surface area contributed by atoms with E-state index in [9.17, 15) is 8.78 Å². The van der Waals surface area contributed by atoms with E-state index in [1.54, 1.807) is 12.1 Å². The summed E-state index contributed by atoms with van der Waals surface area (Å²) >= 11 is 0. The number of hydrogen-bond acceptors (Lipinski definition) is 1. The molecule has 1 rings (SSSR count). The maximum absolute atomic E-state index is 13.6. The van der Waals surface area contributed by atoms with E-state index >= 15 is 0 Å². The number of likely N-dealkylation sites (N-methyl/N-ethyl adjacent to an activating group) is 1. The van der Waals surface area contributed by atoms with Gasteiger partial charge in [-0.05, 0) is 36.9 Å². The van der Waals surface area contributed by atoms with Crippen molar-refractivity contribution >= 4 is 0 Å². The Morgan fingerprint density at radius 3 is 2.53 bits per heavy atom. The Balaban J connectivity index is 2.59. The number of hydrogen-bond donors (Lipinski definition) is 1. The van der Waals surface area contributed by atoms with Crippen molar-refractivity contribution in [2.75, 3.05) is 6.54 Å². The van der Waals surface area contributed by atoms with Gasteiger partial charge in [0.1, 0.15) is 0 Å². The molecule has 0 radical (unpaired) electrons. The van der Waals surface area contributed by atoms with Gasteiger partial charge in [0.05, 0.1) is 0 Å². The first-order chi connectivity index (χ1) is 9.04. The molecule has 3 heteroatoms. The van der Waals surface area contributed by atoms with Gasteiger partial charge in [0.2, 0.25) is 0 Å². The van der Waals surface area contributed by atoms with Gasteiger partial charge in [0.15, 0.2) is 11.6 Å². The van der Waals surface area contributed by atoms with Crippen molar-refractivity contribution in [1.29, 1.82) is 0 Å². The van der Waals surface area contributed by atoms with Crippen molar-refractivity contribution < 1.29 is 8.78 Å². The summed E-state index contributed by atoms with van der Waals surface area (Å²) in [4.78, 5) is 0. The molecule has 1 aromatic carbocycles. The molecule has 0 amide bonds. The maximum Gasteiger partial charge on any atom is 0.162 e. The molecule has 0 bridgehead atoms. The highest BCUT2D eigenvalue weighted by atomic mass is 19.2. The Morgan fingerprint density at radius 1 is 1.16 bits per heavy atom. The summed E-state index contributed by atoms with van der Waals surface area (Å²) in [6, 6.07) is 4.63. The molecular weight excluding hydrogens is 244 g/mol. The molecule has 0 aliphatic rings. The average molecular weight is 269 g/mol. The van der Waals surface area contributed by atoms with Crippen LogP contribution in [0, 0.1) is 17.6 Å². The van der Waals surface area contributed by atoms with Gasteiger partial charge in [-0.3, -0.25) is 0 Å². The van der Waals surface area contributed by atoms with Crippen LogP contribution in [-0.4, -0.2) is 12.6 Å². The van der Waals surface area contributed by atoms with Gasteiger partial charge in [-0.2, -0.15) is 0 Å². The van der Waals surface area contributed by atoms with Gasteiger partial charge < -0.3 is 5.32 Å². The second-order valence-electron chi connectivity index (χ2n) is 5.50. The lowest BCUT2D eigenvalue weighted by atomic mass is 9.98. The Kier molecular flexibility index (Phi) is 7.00. The molecule has 1 unspecified atom stereocenters. The number of halogens is 2. The van der Waals surface area contributed by atoms with Gasteiger partial charge in [-0.15, -0.1) is 0 Å². The molecule has 1 aromatic rings. The molecule has 0 saturated carbocycles. The minimum absolute atomic E-state index is 0.222. The first kappa shape index (κ1) is 16.1. The van der Waals surface area contributed by atoms with E-state index in [1.807, 2.05) is 6.92 Å². The van der Waals surface area contributed by atoms with Crippen molar-refractivity contribution in [3.63, 3.8) is 0 Å². The Morgan fingerprint density at radius 2 is 1.89 bits per heavy atom. The molecule has 1 atom stereocenters. The van der Waals surface area contributed by atoms with Crippen molar-refractivity contribution in [2.45, 2.75) is 52.5 Å². The van der Waals surface area contributed by atoms with Crippen LogP contribution in [-0.2, 0) is 6.42 Å². The zero-order valence-electron chi connectivity index (χ0n) is 12.2. The number of nitrogens with one attached hydrogen (secondary N) is 1. The number of rotatable bonds is 8. The molecule has 0 aromatic heterocycles. The lowest BCUT2D eigenvalue weighted by Gasteiger charge is -2.19. The van der Waals surface area contributed by atoms with Gasteiger partial charge in [0.25, 0.3) is 0 Å². The lowest BCUT2D eigenvalue weighted by molar-refractivity contribution is 0.430. The molecule has 0 spiro atoms. The molecule has 108 valence electrons. The monoisotopic (exact) mass is 269 g/mol. The minimum Gasteiger partial charge on any atom is -0.314 e. The topological polar surface area (TPSA) is 12.0 Å². The fourth-order valence-corrected chi connectivity index (χ4v) is 2.31. The van der Waals surface area contributed by atoms with Crippen LogP contribution >= 0.6 is 0 Å². The van der Waals surface area contributed by atoms with Crippen LogP contribution in [0.25, 0.3) is 0 Å². The van der Waals surface area contributed by atoms with E-state index in [2.05, 4.69) is 19.2 Å². The minimum atomic E-state index is -0.755. The van der Waals surface area contributed by atoms with Crippen LogP contribution in [0.15, 0.2) is 18.2 Å². The summed E-state index contributed by atoms with van der Waals surface area (Å²) < 4.78 is 26.8. The van der Waals surface area contributed by atoms with E-state index < -0.39 is 11.6 Å². The fraction of sp³-hybridized carbons (Fsp3) is 0.625. The van der Waals surface area contributed by atoms with E-state index in [4.69, 9.17) is 0 Å². The molecule has 1 nitrogen and oxygen atoms in total. The molecule has 0 heterocycles. The van der Waals surface area contributed by atoms with Crippen molar-refractivity contribution in [2.24, 2.45) is 5.92 Å². The zero-order chi connectivity index (χ0) is 14.3. The first-order valence-electron chi connectivity index (χ1n) is 7.20. The number of benzene rings is 1. The third-order valence-electron chi connectivity index (χ3n) is 3.32. The summed E-state index contributed by atoms with van der Waals surface area (Å²) in [6.45, 7) is 7.30. The molecule has 0 saturated heterocycles. The van der Waals surface area contributed by atoms with Gasteiger partial charge in [-0.25, -0.2) is 8.78 Å². The Labute approximate surface area is 115 Å². The van der Waals surface area contributed by atoms with Crippen LogP contribution in [0.2, 0.25) is 0 Å². The van der Waals surface area contributed by atoms with Crippen LogP contribution in [0.5, 0.6) is 0 Å². The van der Waals surface area contributed by atoms with Crippen molar-refractivity contribution in [1.82, 2.24) is 5.32 Å². The summed E-state index contributed by atoms with van der Waals surface area (Å²) in [5.41, 5.74) is 0.468. The van der Waals surface area contributed by atoms with Gasteiger partial charge in [0, 0.05) is 6.04 Å². The van der Waals surface area contributed by atoms with E-state index in [1.165, 1.54) is 12.5 Å². The summed E-state index contributed by atoms with van der Waals surface area (Å²) in [6.07, 6.45) is 3.84. The normalized spacial score (nSPS) is 12.9. The maximum atomic E-state index is 13.6. The van der Waals surface area contributed by atoms with Crippen molar-refractivity contribution in [3.8, 4) is 0 Å². The second kappa shape index (κ2) is 8.26. The fourth-order valence-electron chi connectivity index (χ4n) is 2.31. The molecule has 0 aliphatic carbocycles. The first-order valence-corrected chi connectivity index (χ1v) is 7.20. The molecule has 1 N–H and O–H groups in total. The van der Waals surface area contributed by atoms with E-state index in [0.29, 0.717) is 17.9 Å². The van der Waals surface area contributed by atoms with Gasteiger partial charge >= 0.3 is 0 Å². The van der Waals surface area contributed by atoms with Crippen LogP contribution < -0.4 is 5.32 Å². The van der Waals surface area contributed by atoms with Crippen LogP contribution in [0.1, 0.15) is 45.6 Å². The molecule has 0 aliphatic heterocycles. The average Bonchev–Trinajstić information content (AvgIpc) is 2.34. The van der Waals surface area contributed by atoms with E-state index in [0.717, 1.165) is 19.4 Å². The molecular formula is C16H25F2N. The predicted molar refractivity (Wildman–Crippen MR) is 76.2 cm³/mol. The zero-order valence-corrected chi connectivity index (χ0v) is 12.2. The standard InChI is InChI=1S/C16H25F2N/c1-4-19-14(9-5-7-12(2)3)11-13-8-6-10-15(17)16(13)18/h6,8,10,12,14,19H,4-5,7,9,11H2,1-3H3. The Bertz CT molecular complexity index is 377. The van der Waals surface area contributed by atoms with Gasteiger partial charge in [-0.1, -0.05) is 45.7 Å². The molecule has 0 fully saturated rings. The second-order valence-corrected chi connectivity index (χ2v) is 5.50. The van der Waals surface area contributed by atoms with Crippen molar-refractivity contribution in [3.05, 3.63) is 35.4 Å². The Hall–Kier alpha value is -0.960. The highest BCUT2D eigenvalue weighted by molar-refractivity contribution is 5.20. The summed E-state index contributed by atoms with van der Waals surface area (Å²) in [5, 5.41) is 3.36. The third-order valence-corrected chi connectivity index (χ3v) is 3.32. The smallest absolute Gasteiger partial charge is 0.162 e. The SMILES string of the molecule is CCNC(CCCC(C)C)Cc1cccc(F)c1F. The summed E-state index contributed by atoms with van der Waals surface area (Å²) in [7, 11) is 0. The third kappa shape index (κ3) is 5.68.